The van der Waals surface area contributed by atoms with Gasteiger partial charge >= 0.3 is 0 Å². The van der Waals surface area contributed by atoms with Crippen LogP contribution in [-0.2, 0) is 11.3 Å². The van der Waals surface area contributed by atoms with Crippen molar-refractivity contribution in [1.82, 2.24) is 14.7 Å². The SMILES string of the molecule is COCC1CCN(Cc2cn(-c3cccc(C)c3)nc2-c2cccc(F)c2)CC1. The number of hydrogen-bond acceptors (Lipinski definition) is 3. The Hall–Kier alpha value is -2.50. The molecule has 0 radical (unpaired) electrons. The summed E-state index contributed by atoms with van der Waals surface area (Å²) in [6.07, 6.45) is 4.39. The van der Waals surface area contributed by atoms with Gasteiger partial charge in [-0.2, -0.15) is 5.10 Å². The van der Waals surface area contributed by atoms with E-state index in [9.17, 15) is 4.39 Å². The summed E-state index contributed by atoms with van der Waals surface area (Å²) in [5, 5.41) is 4.85. The van der Waals surface area contributed by atoms with Crippen LogP contribution in [0.1, 0.15) is 24.0 Å². The topological polar surface area (TPSA) is 30.3 Å². The lowest BCUT2D eigenvalue weighted by atomic mass is 9.97. The van der Waals surface area contributed by atoms with E-state index in [4.69, 9.17) is 9.84 Å². The van der Waals surface area contributed by atoms with Gasteiger partial charge in [0.25, 0.3) is 0 Å². The summed E-state index contributed by atoms with van der Waals surface area (Å²) in [5.41, 5.74) is 5.01. The van der Waals surface area contributed by atoms with Gasteiger partial charge in [0.15, 0.2) is 0 Å². The molecule has 5 heteroatoms. The Balaban J connectivity index is 1.63. The van der Waals surface area contributed by atoms with Gasteiger partial charge < -0.3 is 4.74 Å². The fraction of sp³-hybridized carbons (Fsp3) is 0.375. The molecular formula is C24H28FN3O. The van der Waals surface area contributed by atoms with Crippen LogP contribution in [0, 0.1) is 18.7 Å². The number of ether oxygens (including phenoxy) is 1. The Morgan fingerprint density at radius 2 is 1.90 bits per heavy atom. The largest absolute Gasteiger partial charge is 0.384 e. The molecule has 29 heavy (non-hydrogen) atoms. The molecule has 0 unspecified atom stereocenters. The molecule has 0 bridgehead atoms. The van der Waals surface area contributed by atoms with Gasteiger partial charge in [-0.1, -0.05) is 24.3 Å². The molecule has 0 N–H and O–H groups in total. The Morgan fingerprint density at radius 3 is 2.62 bits per heavy atom. The van der Waals surface area contributed by atoms with Crippen molar-refractivity contribution in [3.63, 3.8) is 0 Å². The highest BCUT2D eigenvalue weighted by Crippen LogP contribution is 2.27. The lowest BCUT2D eigenvalue weighted by Gasteiger charge is -2.31. The molecule has 1 fully saturated rings. The summed E-state index contributed by atoms with van der Waals surface area (Å²) < 4.78 is 21.1. The minimum absolute atomic E-state index is 0.237. The van der Waals surface area contributed by atoms with E-state index in [1.54, 1.807) is 19.2 Å². The molecule has 0 atom stereocenters. The van der Waals surface area contributed by atoms with E-state index in [2.05, 4.69) is 36.2 Å². The second-order valence-corrected chi connectivity index (χ2v) is 7.97. The number of nitrogens with zero attached hydrogens (tertiary/aromatic N) is 3. The number of piperidine rings is 1. The lowest BCUT2D eigenvalue weighted by Crippen LogP contribution is -2.34. The van der Waals surface area contributed by atoms with E-state index in [0.29, 0.717) is 5.92 Å². The maximum absolute atomic E-state index is 13.9. The molecule has 1 aromatic heterocycles. The first-order valence-corrected chi connectivity index (χ1v) is 10.2. The molecule has 3 aromatic rings. The quantitative estimate of drug-likeness (QED) is 0.600. The predicted octanol–water partition coefficient (Wildman–Crippen LogP) is 4.85. The molecular weight excluding hydrogens is 365 g/mol. The number of aryl methyl sites for hydroxylation is 1. The molecule has 2 aromatic carbocycles. The minimum atomic E-state index is -0.237. The van der Waals surface area contributed by atoms with E-state index in [0.717, 1.165) is 61.6 Å². The summed E-state index contributed by atoms with van der Waals surface area (Å²) in [6, 6.07) is 15.0. The average molecular weight is 394 g/mol. The van der Waals surface area contributed by atoms with Crippen LogP contribution in [0.4, 0.5) is 4.39 Å². The molecule has 4 nitrogen and oxygen atoms in total. The average Bonchev–Trinajstić information content (AvgIpc) is 3.14. The smallest absolute Gasteiger partial charge is 0.123 e. The number of rotatable bonds is 6. The van der Waals surface area contributed by atoms with Crippen LogP contribution in [0.15, 0.2) is 54.7 Å². The normalized spacial score (nSPS) is 15.7. The van der Waals surface area contributed by atoms with Crippen molar-refractivity contribution in [3.05, 3.63) is 71.7 Å². The summed E-state index contributed by atoms with van der Waals surface area (Å²) in [7, 11) is 1.78. The van der Waals surface area contributed by atoms with Crippen LogP contribution in [0.25, 0.3) is 16.9 Å². The monoisotopic (exact) mass is 393 g/mol. The summed E-state index contributed by atoms with van der Waals surface area (Å²) in [4.78, 5) is 2.46. The highest BCUT2D eigenvalue weighted by molar-refractivity contribution is 5.63. The lowest BCUT2D eigenvalue weighted by molar-refractivity contribution is 0.0969. The van der Waals surface area contributed by atoms with Gasteiger partial charge in [-0.25, -0.2) is 9.07 Å². The third-order valence-electron chi connectivity index (χ3n) is 5.66. The fourth-order valence-corrected chi connectivity index (χ4v) is 4.09. The van der Waals surface area contributed by atoms with Crippen LogP contribution in [0.2, 0.25) is 0 Å². The number of likely N-dealkylation sites (tertiary alicyclic amines) is 1. The first kappa shape index (κ1) is 19.8. The van der Waals surface area contributed by atoms with Crippen molar-refractivity contribution < 1.29 is 9.13 Å². The first-order valence-electron chi connectivity index (χ1n) is 10.2. The van der Waals surface area contributed by atoms with E-state index < -0.39 is 0 Å². The van der Waals surface area contributed by atoms with Crippen molar-refractivity contribution in [1.29, 1.82) is 0 Å². The molecule has 1 saturated heterocycles. The number of methoxy groups -OCH3 is 1. The maximum Gasteiger partial charge on any atom is 0.123 e. The van der Waals surface area contributed by atoms with Crippen LogP contribution >= 0.6 is 0 Å². The molecule has 1 aliphatic rings. The Kier molecular flexibility index (Phi) is 6.07. The van der Waals surface area contributed by atoms with E-state index in [1.165, 1.54) is 11.6 Å². The zero-order valence-electron chi connectivity index (χ0n) is 17.1. The molecule has 0 saturated carbocycles. The third-order valence-corrected chi connectivity index (χ3v) is 5.66. The van der Waals surface area contributed by atoms with Crippen LogP contribution in [0.5, 0.6) is 0 Å². The van der Waals surface area contributed by atoms with Crippen LogP contribution in [0.3, 0.4) is 0 Å². The van der Waals surface area contributed by atoms with Gasteiger partial charge in [0, 0.05) is 37.6 Å². The number of halogens is 1. The number of benzene rings is 2. The van der Waals surface area contributed by atoms with Crippen molar-refractivity contribution in [2.45, 2.75) is 26.3 Å². The molecule has 2 heterocycles. The van der Waals surface area contributed by atoms with Gasteiger partial charge in [0.2, 0.25) is 0 Å². The Labute approximate surface area is 171 Å². The summed E-state index contributed by atoms with van der Waals surface area (Å²) in [6.45, 7) is 5.83. The molecule has 4 rings (SSSR count). The second-order valence-electron chi connectivity index (χ2n) is 7.97. The van der Waals surface area contributed by atoms with Crippen molar-refractivity contribution in [3.8, 4) is 16.9 Å². The Morgan fingerprint density at radius 1 is 1.10 bits per heavy atom. The van der Waals surface area contributed by atoms with Crippen molar-refractivity contribution >= 4 is 0 Å². The zero-order valence-corrected chi connectivity index (χ0v) is 17.1. The maximum atomic E-state index is 13.9. The number of hydrogen-bond donors (Lipinski definition) is 0. The fourth-order valence-electron chi connectivity index (χ4n) is 4.09. The van der Waals surface area contributed by atoms with Gasteiger partial charge in [0.05, 0.1) is 11.4 Å². The van der Waals surface area contributed by atoms with E-state index in [-0.39, 0.29) is 5.82 Å². The van der Waals surface area contributed by atoms with Gasteiger partial charge in [-0.05, 0) is 68.6 Å². The van der Waals surface area contributed by atoms with Gasteiger partial charge in [-0.3, -0.25) is 4.90 Å². The van der Waals surface area contributed by atoms with E-state index in [1.807, 2.05) is 16.8 Å². The molecule has 0 aliphatic carbocycles. The third kappa shape index (κ3) is 4.74. The zero-order chi connectivity index (χ0) is 20.2. The second kappa shape index (κ2) is 8.89. The van der Waals surface area contributed by atoms with Gasteiger partial charge in [-0.15, -0.1) is 0 Å². The van der Waals surface area contributed by atoms with Gasteiger partial charge in [0.1, 0.15) is 5.82 Å². The molecule has 0 amide bonds. The summed E-state index contributed by atoms with van der Waals surface area (Å²) >= 11 is 0. The van der Waals surface area contributed by atoms with Crippen molar-refractivity contribution in [2.24, 2.45) is 5.92 Å². The minimum Gasteiger partial charge on any atom is -0.384 e. The molecule has 152 valence electrons. The standard InChI is InChI=1S/C24H28FN3O/c1-18-5-3-8-23(13-18)28-16-21(15-27-11-9-19(10-12-27)17-29-2)24(26-28)20-6-4-7-22(25)14-20/h3-8,13-14,16,19H,9-12,15,17H2,1-2H3. The Bertz CT molecular complexity index is 960. The molecule has 0 spiro atoms. The highest BCUT2D eigenvalue weighted by atomic mass is 19.1. The van der Waals surface area contributed by atoms with E-state index >= 15 is 0 Å². The summed E-state index contributed by atoms with van der Waals surface area (Å²) in [5.74, 6) is 0.410. The predicted molar refractivity (Wildman–Crippen MR) is 114 cm³/mol. The molecule has 1 aliphatic heterocycles. The van der Waals surface area contributed by atoms with Crippen molar-refractivity contribution in [2.75, 3.05) is 26.8 Å². The highest BCUT2D eigenvalue weighted by Gasteiger charge is 2.21. The van der Waals surface area contributed by atoms with Crippen LogP contribution in [-0.4, -0.2) is 41.5 Å². The first-order chi connectivity index (χ1) is 14.1. The van der Waals surface area contributed by atoms with Crippen LogP contribution < -0.4 is 0 Å². The number of aromatic nitrogens is 2.